The van der Waals surface area contributed by atoms with Gasteiger partial charge < -0.3 is 9.64 Å². The summed E-state index contributed by atoms with van der Waals surface area (Å²) in [5.41, 5.74) is 0. The summed E-state index contributed by atoms with van der Waals surface area (Å²) < 4.78 is 6.70. The summed E-state index contributed by atoms with van der Waals surface area (Å²) in [4.78, 5) is 6.38. The molecule has 2 rings (SSSR count). The average Bonchev–Trinajstić information content (AvgIpc) is 2.87. The third-order valence-electron chi connectivity index (χ3n) is 2.04. The molecular weight excluding hydrogens is 291 g/mol. The van der Waals surface area contributed by atoms with Crippen molar-refractivity contribution in [3.8, 4) is 5.75 Å². The van der Waals surface area contributed by atoms with E-state index in [9.17, 15) is 0 Å². The molecular formula is C10H13IN2O. The van der Waals surface area contributed by atoms with Gasteiger partial charge in [0, 0.05) is 26.2 Å². The Morgan fingerprint density at radius 3 is 2.71 bits per heavy atom. The van der Waals surface area contributed by atoms with Gasteiger partial charge in [-0.1, -0.05) is 0 Å². The van der Waals surface area contributed by atoms with E-state index in [1.807, 2.05) is 31.1 Å². The van der Waals surface area contributed by atoms with Crippen molar-refractivity contribution in [2.24, 2.45) is 0 Å². The Bertz CT molecular complexity index is 337. The maximum atomic E-state index is 5.73. The fourth-order valence-corrected chi connectivity index (χ4v) is 1.69. The summed E-state index contributed by atoms with van der Waals surface area (Å²) in [6.45, 7) is 0. The molecule has 1 heterocycles. The van der Waals surface area contributed by atoms with Crippen LogP contribution < -0.4 is 9.64 Å². The lowest BCUT2D eigenvalue weighted by atomic mass is 10.4. The van der Waals surface area contributed by atoms with Crippen LogP contribution >= 0.6 is 22.6 Å². The van der Waals surface area contributed by atoms with Crippen LogP contribution in [0.1, 0.15) is 12.8 Å². The standard InChI is InChI=1S/C10H13IN2O/c1-13(2)10-6-8(5-9(11)12-10)14-7-3-4-7/h5-7H,3-4H2,1-2H3. The highest BCUT2D eigenvalue weighted by Gasteiger charge is 2.23. The molecule has 0 unspecified atom stereocenters. The maximum absolute atomic E-state index is 5.73. The van der Waals surface area contributed by atoms with Gasteiger partial charge in [-0.15, -0.1) is 0 Å². The first kappa shape index (κ1) is 10.0. The molecule has 0 atom stereocenters. The molecule has 1 aromatic heterocycles. The molecule has 4 heteroatoms. The fraction of sp³-hybridized carbons (Fsp3) is 0.500. The van der Waals surface area contributed by atoms with Gasteiger partial charge in [0.2, 0.25) is 0 Å². The fourth-order valence-electron chi connectivity index (χ4n) is 1.14. The van der Waals surface area contributed by atoms with Crippen LogP contribution in [-0.4, -0.2) is 25.2 Å². The highest BCUT2D eigenvalue weighted by molar-refractivity contribution is 14.1. The molecule has 0 amide bonds. The van der Waals surface area contributed by atoms with Gasteiger partial charge in [-0.2, -0.15) is 0 Å². The van der Waals surface area contributed by atoms with Crippen LogP contribution in [0.3, 0.4) is 0 Å². The van der Waals surface area contributed by atoms with Gasteiger partial charge in [0.15, 0.2) is 0 Å². The van der Waals surface area contributed by atoms with Crippen molar-refractivity contribution < 1.29 is 4.74 Å². The SMILES string of the molecule is CN(C)c1cc(OC2CC2)cc(I)n1. The summed E-state index contributed by atoms with van der Waals surface area (Å²) in [5.74, 6) is 1.89. The molecule has 0 spiro atoms. The van der Waals surface area contributed by atoms with Crippen molar-refractivity contribution in [1.82, 2.24) is 4.98 Å². The smallest absolute Gasteiger partial charge is 0.132 e. The van der Waals surface area contributed by atoms with Crippen molar-refractivity contribution in [2.75, 3.05) is 19.0 Å². The second-order valence-electron chi connectivity index (χ2n) is 3.70. The van der Waals surface area contributed by atoms with Gasteiger partial charge >= 0.3 is 0 Å². The number of aromatic nitrogens is 1. The van der Waals surface area contributed by atoms with E-state index in [4.69, 9.17) is 4.74 Å². The van der Waals surface area contributed by atoms with Crippen LogP contribution in [0.5, 0.6) is 5.75 Å². The highest BCUT2D eigenvalue weighted by atomic mass is 127. The summed E-state index contributed by atoms with van der Waals surface area (Å²) in [6, 6.07) is 3.96. The van der Waals surface area contributed by atoms with Crippen LogP contribution in [0.2, 0.25) is 0 Å². The molecule has 0 N–H and O–H groups in total. The Morgan fingerprint density at radius 1 is 1.43 bits per heavy atom. The quantitative estimate of drug-likeness (QED) is 0.633. The minimum Gasteiger partial charge on any atom is -0.490 e. The highest BCUT2D eigenvalue weighted by Crippen LogP contribution is 2.29. The molecule has 1 aliphatic carbocycles. The summed E-state index contributed by atoms with van der Waals surface area (Å²) in [7, 11) is 3.97. The Labute approximate surface area is 97.6 Å². The zero-order valence-electron chi connectivity index (χ0n) is 8.33. The van der Waals surface area contributed by atoms with Crippen molar-refractivity contribution in [1.29, 1.82) is 0 Å². The van der Waals surface area contributed by atoms with E-state index in [1.54, 1.807) is 0 Å². The number of hydrogen-bond donors (Lipinski definition) is 0. The number of halogens is 1. The topological polar surface area (TPSA) is 25.4 Å². The van der Waals surface area contributed by atoms with Gasteiger partial charge in [-0.05, 0) is 35.4 Å². The summed E-state index contributed by atoms with van der Waals surface area (Å²) in [5, 5.41) is 0. The molecule has 14 heavy (non-hydrogen) atoms. The Hall–Kier alpha value is -0.520. The molecule has 1 fully saturated rings. The van der Waals surface area contributed by atoms with Crippen molar-refractivity contribution >= 4 is 28.4 Å². The third-order valence-corrected chi connectivity index (χ3v) is 2.59. The van der Waals surface area contributed by atoms with E-state index in [1.165, 1.54) is 12.8 Å². The molecule has 0 bridgehead atoms. The largest absolute Gasteiger partial charge is 0.490 e. The lowest BCUT2D eigenvalue weighted by Gasteiger charge is -2.13. The van der Waals surface area contributed by atoms with E-state index < -0.39 is 0 Å². The molecule has 1 aliphatic rings. The maximum Gasteiger partial charge on any atom is 0.132 e. The predicted molar refractivity (Wildman–Crippen MR) is 64.9 cm³/mol. The van der Waals surface area contributed by atoms with Crippen molar-refractivity contribution in [3.05, 3.63) is 15.8 Å². The van der Waals surface area contributed by atoms with E-state index in [0.717, 1.165) is 15.3 Å². The van der Waals surface area contributed by atoms with Crippen molar-refractivity contribution in [3.63, 3.8) is 0 Å². The van der Waals surface area contributed by atoms with Crippen LogP contribution in [0.25, 0.3) is 0 Å². The molecule has 0 radical (unpaired) electrons. The monoisotopic (exact) mass is 304 g/mol. The van der Waals surface area contributed by atoms with Crippen molar-refractivity contribution in [2.45, 2.75) is 18.9 Å². The van der Waals surface area contributed by atoms with E-state index in [2.05, 4.69) is 27.6 Å². The minimum absolute atomic E-state index is 0.447. The molecule has 0 aromatic carbocycles. The van der Waals surface area contributed by atoms with Crippen LogP contribution in [0, 0.1) is 3.70 Å². The van der Waals surface area contributed by atoms with Gasteiger partial charge in [-0.3, -0.25) is 0 Å². The molecule has 1 saturated carbocycles. The van der Waals surface area contributed by atoms with E-state index in [-0.39, 0.29) is 0 Å². The van der Waals surface area contributed by atoms with E-state index >= 15 is 0 Å². The van der Waals surface area contributed by atoms with Gasteiger partial charge in [0.1, 0.15) is 15.3 Å². The normalized spacial score (nSPS) is 15.4. The first-order chi connectivity index (χ1) is 6.65. The number of pyridine rings is 1. The van der Waals surface area contributed by atoms with Gasteiger partial charge in [0.05, 0.1) is 6.10 Å². The lowest BCUT2D eigenvalue weighted by molar-refractivity contribution is 0.302. The first-order valence-corrected chi connectivity index (χ1v) is 5.74. The molecule has 1 aromatic rings. The third kappa shape index (κ3) is 2.50. The summed E-state index contributed by atoms with van der Waals surface area (Å²) in [6.07, 6.45) is 2.83. The molecule has 76 valence electrons. The Kier molecular flexibility index (Phi) is 2.80. The zero-order valence-corrected chi connectivity index (χ0v) is 10.5. The number of anilines is 1. The van der Waals surface area contributed by atoms with Crippen LogP contribution in [-0.2, 0) is 0 Å². The summed E-state index contributed by atoms with van der Waals surface area (Å²) >= 11 is 2.21. The van der Waals surface area contributed by atoms with E-state index in [0.29, 0.717) is 6.10 Å². The molecule has 0 saturated heterocycles. The number of nitrogens with zero attached hydrogens (tertiary/aromatic N) is 2. The number of hydrogen-bond acceptors (Lipinski definition) is 3. The van der Waals surface area contributed by atoms with Crippen LogP contribution in [0.15, 0.2) is 12.1 Å². The first-order valence-electron chi connectivity index (χ1n) is 4.67. The minimum atomic E-state index is 0.447. The second kappa shape index (κ2) is 3.92. The van der Waals surface area contributed by atoms with Crippen LogP contribution in [0.4, 0.5) is 5.82 Å². The van der Waals surface area contributed by atoms with Gasteiger partial charge in [-0.25, -0.2) is 4.98 Å². The second-order valence-corrected chi connectivity index (χ2v) is 4.80. The molecule has 0 aliphatic heterocycles. The lowest BCUT2D eigenvalue weighted by Crippen LogP contribution is -2.11. The van der Waals surface area contributed by atoms with Gasteiger partial charge in [0.25, 0.3) is 0 Å². The zero-order chi connectivity index (χ0) is 10.1. The number of rotatable bonds is 3. The molecule has 3 nitrogen and oxygen atoms in total. The predicted octanol–water partition coefficient (Wildman–Crippen LogP) is 2.29. The Balaban J connectivity index is 2.21. The average molecular weight is 304 g/mol. The number of ether oxygens (including phenoxy) is 1. The Morgan fingerprint density at radius 2 is 2.14 bits per heavy atom.